The Hall–Kier alpha value is -1.10. The maximum atomic E-state index is 12.2. The summed E-state index contributed by atoms with van der Waals surface area (Å²) in [5.41, 5.74) is 0. The van der Waals surface area contributed by atoms with Crippen LogP contribution in [0, 0.1) is 0 Å². The Kier molecular flexibility index (Phi) is 3.24. The molecule has 3 aliphatic rings. The van der Waals surface area contributed by atoms with Crippen LogP contribution < -0.4 is 10.6 Å². The number of carbonyl (C=O) groups is 2. The van der Waals surface area contributed by atoms with Gasteiger partial charge in [0.05, 0.1) is 12.6 Å². The summed E-state index contributed by atoms with van der Waals surface area (Å²) in [7, 11) is 0. The van der Waals surface area contributed by atoms with Crippen LogP contribution in [-0.4, -0.2) is 47.9 Å². The van der Waals surface area contributed by atoms with Crippen molar-refractivity contribution >= 4 is 11.8 Å². The molecule has 0 aromatic carbocycles. The molecule has 18 heavy (non-hydrogen) atoms. The van der Waals surface area contributed by atoms with Crippen LogP contribution in [0.15, 0.2) is 0 Å². The van der Waals surface area contributed by atoms with Crippen molar-refractivity contribution < 1.29 is 9.59 Å². The summed E-state index contributed by atoms with van der Waals surface area (Å²) in [4.78, 5) is 25.6. The van der Waals surface area contributed by atoms with Gasteiger partial charge in [-0.3, -0.25) is 9.59 Å². The first-order chi connectivity index (χ1) is 8.72. The highest BCUT2D eigenvalue weighted by Crippen LogP contribution is 2.22. The van der Waals surface area contributed by atoms with Gasteiger partial charge in [-0.15, -0.1) is 0 Å². The molecule has 2 N–H and O–H groups in total. The smallest absolute Gasteiger partial charge is 0.240 e. The zero-order valence-corrected chi connectivity index (χ0v) is 10.7. The number of amides is 2. The third-order valence-corrected chi connectivity index (χ3v) is 3.82. The van der Waals surface area contributed by atoms with Gasteiger partial charge < -0.3 is 15.5 Å². The predicted octanol–water partition coefficient (Wildman–Crippen LogP) is 0.00800. The fourth-order valence-electron chi connectivity index (χ4n) is 2.46. The molecule has 1 aliphatic heterocycles. The fourth-order valence-corrected chi connectivity index (χ4v) is 2.46. The van der Waals surface area contributed by atoms with Gasteiger partial charge in [0.15, 0.2) is 0 Å². The zero-order valence-electron chi connectivity index (χ0n) is 10.7. The van der Waals surface area contributed by atoms with E-state index in [1.807, 2.05) is 0 Å². The number of carbonyl (C=O) groups excluding carboxylic acids is 2. The highest BCUT2D eigenvalue weighted by molar-refractivity contribution is 5.88. The van der Waals surface area contributed by atoms with Gasteiger partial charge in [0.1, 0.15) is 0 Å². The molecule has 0 bridgehead atoms. The van der Waals surface area contributed by atoms with Crippen molar-refractivity contribution in [1.29, 1.82) is 0 Å². The summed E-state index contributed by atoms with van der Waals surface area (Å²) >= 11 is 0. The maximum Gasteiger partial charge on any atom is 0.240 e. The number of rotatable bonds is 5. The highest BCUT2D eigenvalue weighted by atomic mass is 16.2. The third-order valence-electron chi connectivity index (χ3n) is 3.82. The van der Waals surface area contributed by atoms with Crippen LogP contribution in [0.2, 0.25) is 0 Å². The van der Waals surface area contributed by atoms with Crippen LogP contribution >= 0.6 is 0 Å². The van der Waals surface area contributed by atoms with Crippen LogP contribution in [0.4, 0.5) is 0 Å². The van der Waals surface area contributed by atoms with E-state index < -0.39 is 0 Å². The summed E-state index contributed by atoms with van der Waals surface area (Å²) in [6, 6.07) is 0.858. The Morgan fingerprint density at radius 1 is 1.17 bits per heavy atom. The fraction of sp³-hybridized carbons (Fsp3) is 0.846. The molecule has 5 nitrogen and oxygen atoms in total. The summed E-state index contributed by atoms with van der Waals surface area (Å²) < 4.78 is 0. The van der Waals surface area contributed by atoms with E-state index >= 15 is 0 Å². The van der Waals surface area contributed by atoms with Crippen molar-refractivity contribution in [2.75, 3.05) is 13.1 Å². The van der Waals surface area contributed by atoms with Gasteiger partial charge in [-0.2, -0.15) is 0 Å². The lowest BCUT2D eigenvalue weighted by Crippen LogP contribution is -2.53. The number of likely N-dealkylation sites (tertiary alicyclic amines) is 1. The Morgan fingerprint density at radius 2 is 1.89 bits per heavy atom. The van der Waals surface area contributed by atoms with Crippen molar-refractivity contribution in [3.8, 4) is 0 Å². The van der Waals surface area contributed by atoms with Gasteiger partial charge in [-0.1, -0.05) is 0 Å². The summed E-state index contributed by atoms with van der Waals surface area (Å²) in [6.45, 7) is 0.956. The second-order valence-corrected chi connectivity index (χ2v) is 5.74. The molecule has 1 unspecified atom stereocenters. The molecular weight excluding hydrogens is 230 g/mol. The van der Waals surface area contributed by atoms with E-state index in [1.54, 1.807) is 4.90 Å². The number of hydrogen-bond acceptors (Lipinski definition) is 3. The van der Waals surface area contributed by atoms with E-state index in [2.05, 4.69) is 10.6 Å². The number of hydrogen-bond donors (Lipinski definition) is 2. The molecule has 2 aliphatic carbocycles. The number of nitrogens with zero attached hydrogens (tertiary/aromatic N) is 1. The Morgan fingerprint density at radius 3 is 2.56 bits per heavy atom. The van der Waals surface area contributed by atoms with Crippen molar-refractivity contribution in [1.82, 2.24) is 15.5 Å². The first-order valence-corrected chi connectivity index (χ1v) is 7.06. The minimum atomic E-state index is -0.0556. The molecule has 0 spiro atoms. The molecule has 2 amide bonds. The third kappa shape index (κ3) is 3.02. The first kappa shape index (κ1) is 12.0. The van der Waals surface area contributed by atoms with Crippen LogP contribution in [0.1, 0.15) is 38.5 Å². The summed E-state index contributed by atoms with van der Waals surface area (Å²) in [5, 5.41) is 6.31. The molecular formula is C13H21N3O2. The molecule has 0 aromatic heterocycles. The molecule has 0 radical (unpaired) electrons. The lowest BCUT2D eigenvalue weighted by molar-refractivity contribution is -0.140. The summed E-state index contributed by atoms with van der Waals surface area (Å²) in [6.07, 6.45) is 6.46. The van der Waals surface area contributed by atoms with E-state index in [4.69, 9.17) is 0 Å². The minimum absolute atomic E-state index is 0.00192. The minimum Gasteiger partial charge on any atom is -0.352 e. The quantitative estimate of drug-likeness (QED) is 0.723. The standard InChI is InChI=1S/C13H21N3O2/c17-12(15-10-5-6-10)8-16-7-1-2-11(13(16)18)14-9-3-4-9/h9-11,14H,1-8H2,(H,15,17). The molecule has 1 heterocycles. The molecule has 3 fully saturated rings. The van der Waals surface area contributed by atoms with Gasteiger partial charge in [-0.25, -0.2) is 0 Å². The van der Waals surface area contributed by atoms with Crippen molar-refractivity contribution in [2.45, 2.75) is 56.7 Å². The van der Waals surface area contributed by atoms with Crippen LogP contribution in [0.25, 0.3) is 0 Å². The van der Waals surface area contributed by atoms with E-state index in [-0.39, 0.29) is 24.4 Å². The molecule has 1 saturated heterocycles. The molecule has 5 heteroatoms. The Labute approximate surface area is 107 Å². The second-order valence-electron chi connectivity index (χ2n) is 5.74. The highest BCUT2D eigenvalue weighted by Gasteiger charge is 2.34. The number of nitrogens with one attached hydrogen (secondary N) is 2. The monoisotopic (exact) mass is 251 g/mol. The number of piperidine rings is 1. The topological polar surface area (TPSA) is 61.4 Å². The Balaban J connectivity index is 1.50. The van der Waals surface area contributed by atoms with Gasteiger partial charge in [0.25, 0.3) is 0 Å². The first-order valence-electron chi connectivity index (χ1n) is 7.06. The van der Waals surface area contributed by atoms with E-state index in [9.17, 15) is 9.59 Å². The molecule has 0 aromatic rings. The summed E-state index contributed by atoms with van der Waals surface area (Å²) in [5.74, 6) is 0.108. The van der Waals surface area contributed by atoms with Crippen LogP contribution in [-0.2, 0) is 9.59 Å². The normalized spacial score (nSPS) is 28.3. The predicted molar refractivity (Wildman–Crippen MR) is 66.9 cm³/mol. The van der Waals surface area contributed by atoms with E-state index in [0.717, 1.165) is 32.2 Å². The largest absolute Gasteiger partial charge is 0.352 e. The lowest BCUT2D eigenvalue weighted by atomic mass is 10.0. The SMILES string of the molecule is O=C(CN1CCCC(NC2CC2)C1=O)NC1CC1. The van der Waals surface area contributed by atoms with Gasteiger partial charge in [-0.05, 0) is 38.5 Å². The van der Waals surface area contributed by atoms with Crippen molar-refractivity contribution in [3.63, 3.8) is 0 Å². The molecule has 1 atom stereocenters. The lowest BCUT2D eigenvalue weighted by Gasteiger charge is -2.32. The average molecular weight is 251 g/mol. The van der Waals surface area contributed by atoms with E-state index in [1.165, 1.54) is 12.8 Å². The second kappa shape index (κ2) is 4.88. The van der Waals surface area contributed by atoms with Crippen LogP contribution in [0.5, 0.6) is 0 Å². The maximum absolute atomic E-state index is 12.2. The van der Waals surface area contributed by atoms with Gasteiger partial charge in [0.2, 0.25) is 11.8 Å². The van der Waals surface area contributed by atoms with Crippen molar-refractivity contribution in [2.24, 2.45) is 0 Å². The van der Waals surface area contributed by atoms with Gasteiger partial charge in [0, 0.05) is 18.6 Å². The molecule has 3 rings (SSSR count). The van der Waals surface area contributed by atoms with E-state index in [0.29, 0.717) is 12.1 Å². The van der Waals surface area contributed by atoms with Crippen molar-refractivity contribution in [3.05, 3.63) is 0 Å². The molecule has 2 saturated carbocycles. The molecule has 100 valence electrons. The van der Waals surface area contributed by atoms with Gasteiger partial charge >= 0.3 is 0 Å². The zero-order chi connectivity index (χ0) is 12.5. The average Bonchev–Trinajstić information content (AvgIpc) is 3.19. The van der Waals surface area contributed by atoms with Crippen LogP contribution in [0.3, 0.4) is 0 Å². The Bertz CT molecular complexity index is 350.